The number of aromatic hydroxyl groups is 1. The maximum atomic E-state index is 13.1. The van der Waals surface area contributed by atoms with Gasteiger partial charge in [0.05, 0.1) is 0 Å². The van der Waals surface area contributed by atoms with Crippen LogP contribution in [0.4, 0.5) is 4.39 Å². The van der Waals surface area contributed by atoms with Crippen molar-refractivity contribution in [1.82, 2.24) is 0 Å². The van der Waals surface area contributed by atoms with Gasteiger partial charge in [0.2, 0.25) is 0 Å². The largest absolute Gasteiger partial charge is 0.505 e. The molecule has 86 valence electrons. The number of rotatable bonds is 3. The van der Waals surface area contributed by atoms with E-state index >= 15 is 0 Å². The number of phenolic OH excluding ortho intramolecular Hbond substituents is 1. The first kappa shape index (κ1) is 14.2. The maximum Gasteiger partial charge on any atom is 0.165 e. The van der Waals surface area contributed by atoms with Crippen molar-refractivity contribution in [2.24, 2.45) is 5.73 Å². The van der Waals surface area contributed by atoms with Crippen LogP contribution < -0.4 is 5.73 Å². The van der Waals surface area contributed by atoms with Crippen LogP contribution in [-0.2, 0) is 0 Å². The molecule has 0 spiro atoms. The molecule has 0 amide bonds. The fourth-order valence-corrected chi connectivity index (χ4v) is 1.51. The van der Waals surface area contributed by atoms with E-state index in [1.54, 1.807) is 13.0 Å². The summed E-state index contributed by atoms with van der Waals surface area (Å²) in [5, 5.41) is 9.46. The molecule has 4 heteroatoms. The zero-order chi connectivity index (χ0) is 10.7. The van der Waals surface area contributed by atoms with Crippen LogP contribution in [0, 0.1) is 12.7 Å². The van der Waals surface area contributed by atoms with Crippen molar-refractivity contribution in [2.45, 2.75) is 32.7 Å². The fourth-order valence-electron chi connectivity index (χ4n) is 1.51. The summed E-state index contributed by atoms with van der Waals surface area (Å²) in [4.78, 5) is 0. The molecule has 0 saturated carbocycles. The summed E-state index contributed by atoms with van der Waals surface area (Å²) < 4.78 is 13.1. The van der Waals surface area contributed by atoms with E-state index in [0.29, 0.717) is 5.56 Å². The Morgan fingerprint density at radius 2 is 2.07 bits per heavy atom. The highest BCUT2D eigenvalue weighted by atomic mass is 35.5. The fraction of sp³-hybridized carbons (Fsp3) is 0.455. The molecule has 0 aliphatic carbocycles. The Hall–Kier alpha value is -0.800. The molecule has 0 aromatic heterocycles. The van der Waals surface area contributed by atoms with Crippen LogP contribution in [0.5, 0.6) is 5.75 Å². The molecule has 1 aromatic carbocycles. The molecule has 1 aromatic rings. The Bertz CT molecular complexity index is 331. The van der Waals surface area contributed by atoms with E-state index in [1.807, 2.05) is 6.92 Å². The van der Waals surface area contributed by atoms with Gasteiger partial charge in [0.15, 0.2) is 11.6 Å². The number of phenols is 1. The first-order valence-corrected chi connectivity index (χ1v) is 4.80. The minimum Gasteiger partial charge on any atom is -0.505 e. The molecule has 0 saturated heterocycles. The summed E-state index contributed by atoms with van der Waals surface area (Å²) in [6.07, 6.45) is 1.66. The lowest BCUT2D eigenvalue weighted by Crippen LogP contribution is -2.10. The van der Waals surface area contributed by atoms with Crippen molar-refractivity contribution in [3.05, 3.63) is 29.1 Å². The third-order valence-corrected chi connectivity index (χ3v) is 2.24. The molecule has 0 heterocycles. The van der Waals surface area contributed by atoms with Gasteiger partial charge in [-0.15, -0.1) is 12.4 Å². The van der Waals surface area contributed by atoms with Gasteiger partial charge >= 0.3 is 0 Å². The Balaban J connectivity index is 0.00000196. The average Bonchev–Trinajstić information content (AvgIpc) is 2.11. The van der Waals surface area contributed by atoms with Gasteiger partial charge in [-0.25, -0.2) is 4.39 Å². The lowest BCUT2D eigenvalue weighted by Gasteiger charge is -2.13. The van der Waals surface area contributed by atoms with Gasteiger partial charge in [-0.2, -0.15) is 0 Å². The number of nitrogens with two attached hydrogens (primary N) is 1. The lowest BCUT2D eigenvalue weighted by atomic mass is 10.00. The third kappa shape index (κ3) is 3.36. The molecule has 15 heavy (non-hydrogen) atoms. The van der Waals surface area contributed by atoms with Gasteiger partial charge in [-0.3, -0.25) is 0 Å². The van der Waals surface area contributed by atoms with Gasteiger partial charge in [-0.05, 0) is 25.0 Å². The normalized spacial score (nSPS) is 12.0. The van der Waals surface area contributed by atoms with Gasteiger partial charge in [0.25, 0.3) is 0 Å². The number of hydrogen-bond acceptors (Lipinski definition) is 2. The highest BCUT2D eigenvalue weighted by Gasteiger charge is 2.14. The predicted molar refractivity (Wildman–Crippen MR) is 61.9 cm³/mol. The van der Waals surface area contributed by atoms with Gasteiger partial charge < -0.3 is 10.8 Å². The summed E-state index contributed by atoms with van der Waals surface area (Å²) in [7, 11) is 0. The van der Waals surface area contributed by atoms with Crippen molar-refractivity contribution in [2.75, 3.05) is 0 Å². The highest BCUT2D eigenvalue weighted by Crippen LogP contribution is 2.29. The van der Waals surface area contributed by atoms with Crippen molar-refractivity contribution in [3.63, 3.8) is 0 Å². The van der Waals surface area contributed by atoms with E-state index in [2.05, 4.69) is 0 Å². The summed E-state index contributed by atoms with van der Waals surface area (Å²) in [5.74, 6) is -0.900. The molecule has 0 aliphatic heterocycles. The standard InChI is InChI=1S/C11H16FNO.ClH/c1-3-4-10(13)8-5-7(2)6-9(12)11(8)14;/h5-6,10,14H,3-4,13H2,1-2H3;1H/t10-;/m1./s1. The molecule has 1 rings (SSSR count). The van der Waals surface area contributed by atoms with Gasteiger partial charge in [0.1, 0.15) is 0 Å². The molecule has 0 unspecified atom stereocenters. The number of halogens is 2. The number of aryl methyl sites for hydroxylation is 1. The zero-order valence-electron chi connectivity index (χ0n) is 8.96. The maximum absolute atomic E-state index is 13.1. The van der Waals surface area contributed by atoms with Crippen molar-refractivity contribution < 1.29 is 9.50 Å². The molecule has 0 radical (unpaired) electrons. The predicted octanol–water partition coefficient (Wildman–Crippen LogP) is 3.06. The van der Waals surface area contributed by atoms with E-state index in [0.717, 1.165) is 18.4 Å². The van der Waals surface area contributed by atoms with Crippen LogP contribution in [0.1, 0.15) is 36.9 Å². The van der Waals surface area contributed by atoms with Crippen LogP contribution in [0.15, 0.2) is 12.1 Å². The molecule has 3 N–H and O–H groups in total. The Kier molecular flexibility index (Phi) is 5.61. The quantitative estimate of drug-likeness (QED) is 0.843. The monoisotopic (exact) mass is 233 g/mol. The minimum atomic E-state index is -0.591. The second-order valence-electron chi connectivity index (χ2n) is 3.58. The summed E-state index contributed by atoms with van der Waals surface area (Å²) in [6.45, 7) is 3.79. The molecular weight excluding hydrogens is 217 g/mol. The third-order valence-electron chi connectivity index (χ3n) is 2.24. The van der Waals surface area contributed by atoms with Crippen LogP contribution in [-0.4, -0.2) is 5.11 Å². The number of benzene rings is 1. The van der Waals surface area contributed by atoms with Crippen molar-refractivity contribution >= 4 is 12.4 Å². The molecule has 0 bridgehead atoms. The van der Waals surface area contributed by atoms with Crippen molar-refractivity contribution in [1.29, 1.82) is 0 Å². The highest BCUT2D eigenvalue weighted by molar-refractivity contribution is 5.85. The van der Waals surface area contributed by atoms with Crippen molar-refractivity contribution in [3.8, 4) is 5.75 Å². The van der Waals surface area contributed by atoms with Gasteiger partial charge in [-0.1, -0.05) is 19.4 Å². The summed E-state index contributed by atoms with van der Waals surface area (Å²) in [5.41, 5.74) is 7.10. The Labute approximate surface area is 95.7 Å². The van der Waals surface area contributed by atoms with Crippen LogP contribution in [0.25, 0.3) is 0 Å². The van der Waals surface area contributed by atoms with Crippen LogP contribution >= 0.6 is 12.4 Å². The van der Waals surface area contributed by atoms with Gasteiger partial charge in [0, 0.05) is 11.6 Å². The van der Waals surface area contributed by atoms with E-state index in [-0.39, 0.29) is 24.2 Å². The average molecular weight is 234 g/mol. The van der Waals surface area contributed by atoms with Crippen LogP contribution in [0.3, 0.4) is 0 Å². The summed E-state index contributed by atoms with van der Waals surface area (Å²) >= 11 is 0. The SMILES string of the molecule is CCC[C@@H](N)c1cc(C)cc(F)c1O.Cl. The molecule has 0 aliphatic rings. The number of hydrogen-bond donors (Lipinski definition) is 2. The lowest BCUT2D eigenvalue weighted by molar-refractivity contribution is 0.418. The molecule has 1 atom stereocenters. The topological polar surface area (TPSA) is 46.2 Å². The van der Waals surface area contributed by atoms with E-state index in [4.69, 9.17) is 5.73 Å². The molecular formula is C11H17ClFNO. The Morgan fingerprint density at radius 1 is 1.47 bits per heavy atom. The minimum absolute atomic E-state index is 0. The van der Waals surface area contributed by atoms with E-state index in [9.17, 15) is 9.50 Å². The molecule has 0 fully saturated rings. The second-order valence-corrected chi connectivity index (χ2v) is 3.58. The zero-order valence-corrected chi connectivity index (χ0v) is 9.77. The first-order valence-electron chi connectivity index (χ1n) is 4.80. The smallest absolute Gasteiger partial charge is 0.165 e. The molecule has 2 nitrogen and oxygen atoms in total. The van der Waals surface area contributed by atoms with E-state index < -0.39 is 5.82 Å². The Morgan fingerprint density at radius 3 is 2.60 bits per heavy atom. The summed E-state index contributed by atoms with van der Waals surface area (Å²) in [6, 6.07) is 2.75. The van der Waals surface area contributed by atoms with Crippen LogP contribution in [0.2, 0.25) is 0 Å². The second kappa shape index (κ2) is 5.93. The van der Waals surface area contributed by atoms with E-state index in [1.165, 1.54) is 6.07 Å². The first-order chi connectivity index (χ1) is 6.56.